The van der Waals surface area contributed by atoms with E-state index in [1.165, 1.54) is 25.5 Å². The minimum Gasteiger partial charge on any atom is -0.459 e. The molecule has 94 valence electrons. The Balaban J connectivity index is 2.17. The molecule has 0 aliphatic rings. The number of benzene rings is 1. The number of hydrogen-bond acceptors (Lipinski definition) is 3. The van der Waals surface area contributed by atoms with Crippen LogP contribution in [-0.2, 0) is 11.3 Å². The van der Waals surface area contributed by atoms with Crippen molar-refractivity contribution in [3.8, 4) is 0 Å². The Morgan fingerprint density at radius 1 is 1.33 bits per heavy atom. The summed E-state index contributed by atoms with van der Waals surface area (Å²) in [6.45, 7) is 0. The van der Waals surface area contributed by atoms with E-state index >= 15 is 0 Å². The predicted molar refractivity (Wildman–Crippen MR) is 62.4 cm³/mol. The van der Waals surface area contributed by atoms with Crippen LogP contribution in [0.15, 0.2) is 41.0 Å². The summed E-state index contributed by atoms with van der Waals surface area (Å²) in [6.07, 6.45) is 1.92. The number of furan rings is 1. The van der Waals surface area contributed by atoms with E-state index in [4.69, 9.17) is 4.42 Å². The molecular weight excluding hydrogens is 237 g/mol. The molecule has 0 unspecified atom stereocenters. The average Bonchev–Trinajstić information content (AvgIpc) is 2.81. The summed E-state index contributed by atoms with van der Waals surface area (Å²) >= 11 is 0. The van der Waals surface area contributed by atoms with Gasteiger partial charge in [-0.15, -0.1) is 0 Å². The molecule has 1 aromatic carbocycles. The maximum absolute atomic E-state index is 12.8. The molecule has 1 heterocycles. The number of amides is 1. The van der Waals surface area contributed by atoms with Gasteiger partial charge in [0.2, 0.25) is 0 Å². The van der Waals surface area contributed by atoms with Crippen molar-refractivity contribution in [3.05, 3.63) is 59.3 Å². The molecule has 0 aliphatic heterocycles. The molecule has 2 rings (SSSR count). The molecule has 0 spiro atoms. The van der Waals surface area contributed by atoms with E-state index < -0.39 is 5.91 Å². The number of carbonyl (C=O) groups is 1. The van der Waals surface area contributed by atoms with Crippen LogP contribution in [0.2, 0.25) is 0 Å². The SMILES string of the molecule is CONC(=O)c1occc1Cc1ccc(F)cc1. The monoisotopic (exact) mass is 249 g/mol. The highest BCUT2D eigenvalue weighted by Gasteiger charge is 2.15. The minimum atomic E-state index is -0.445. The molecule has 0 saturated carbocycles. The lowest BCUT2D eigenvalue weighted by atomic mass is 10.1. The first-order chi connectivity index (χ1) is 8.70. The highest BCUT2D eigenvalue weighted by molar-refractivity contribution is 5.92. The van der Waals surface area contributed by atoms with E-state index in [2.05, 4.69) is 10.3 Å². The molecule has 1 amide bonds. The fourth-order valence-corrected chi connectivity index (χ4v) is 1.64. The van der Waals surface area contributed by atoms with Crippen molar-refractivity contribution in [2.24, 2.45) is 0 Å². The molecule has 0 atom stereocenters. The van der Waals surface area contributed by atoms with Crippen LogP contribution in [0.3, 0.4) is 0 Å². The summed E-state index contributed by atoms with van der Waals surface area (Å²) in [4.78, 5) is 16.1. The maximum Gasteiger partial charge on any atom is 0.310 e. The van der Waals surface area contributed by atoms with Gasteiger partial charge in [0.1, 0.15) is 5.82 Å². The lowest BCUT2D eigenvalue weighted by Crippen LogP contribution is -2.22. The van der Waals surface area contributed by atoms with Gasteiger partial charge in [-0.25, -0.2) is 9.87 Å². The molecule has 0 bridgehead atoms. The molecule has 18 heavy (non-hydrogen) atoms. The summed E-state index contributed by atoms with van der Waals surface area (Å²) in [6, 6.07) is 7.79. The zero-order chi connectivity index (χ0) is 13.0. The van der Waals surface area contributed by atoms with E-state index in [1.807, 2.05) is 0 Å². The number of carbonyl (C=O) groups excluding carboxylic acids is 1. The van der Waals surface area contributed by atoms with Crippen LogP contribution in [0, 0.1) is 5.82 Å². The maximum atomic E-state index is 12.8. The topological polar surface area (TPSA) is 51.5 Å². The molecular formula is C13H12FNO3. The van der Waals surface area contributed by atoms with E-state index in [0.29, 0.717) is 6.42 Å². The third-order valence-electron chi connectivity index (χ3n) is 2.46. The van der Waals surface area contributed by atoms with Gasteiger partial charge in [0.15, 0.2) is 5.76 Å². The summed E-state index contributed by atoms with van der Waals surface area (Å²) in [7, 11) is 1.35. The summed E-state index contributed by atoms with van der Waals surface area (Å²) in [5, 5.41) is 0. The summed E-state index contributed by atoms with van der Waals surface area (Å²) in [5.41, 5.74) is 3.80. The zero-order valence-electron chi connectivity index (χ0n) is 9.77. The molecule has 1 N–H and O–H groups in total. The number of nitrogens with one attached hydrogen (secondary N) is 1. The van der Waals surface area contributed by atoms with Gasteiger partial charge in [0.25, 0.3) is 0 Å². The summed E-state index contributed by atoms with van der Waals surface area (Å²) in [5.74, 6) is -0.538. The lowest BCUT2D eigenvalue weighted by molar-refractivity contribution is 0.0508. The van der Waals surface area contributed by atoms with Crippen LogP contribution >= 0.6 is 0 Å². The largest absolute Gasteiger partial charge is 0.459 e. The van der Waals surface area contributed by atoms with Gasteiger partial charge in [0, 0.05) is 12.0 Å². The Kier molecular flexibility index (Phi) is 3.74. The second-order valence-electron chi connectivity index (χ2n) is 3.71. The van der Waals surface area contributed by atoms with Crippen molar-refractivity contribution in [1.82, 2.24) is 5.48 Å². The van der Waals surface area contributed by atoms with Gasteiger partial charge in [0.05, 0.1) is 13.4 Å². The standard InChI is InChI=1S/C13H12FNO3/c1-17-15-13(16)12-10(6-7-18-12)8-9-2-4-11(14)5-3-9/h2-7H,8H2,1H3,(H,15,16). The van der Waals surface area contributed by atoms with Crippen LogP contribution < -0.4 is 5.48 Å². The molecule has 0 saturated heterocycles. The molecule has 0 radical (unpaired) electrons. The van der Waals surface area contributed by atoms with Crippen molar-refractivity contribution >= 4 is 5.91 Å². The van der Waals surface area contributed by atoms with Crippen LogP contribution in [0.25, 0.3) is 0 Å². The highest BCUT2D eigenvalue weighted by Crippen LogP contribution is 2.16. The minimum absolute atomic E-state index is 0.196. The molecule has 5 heteroatoms. The fourth-order valence-electron chi connectivity index (χ4n) is 1.64. The van der Waals surface area contributed by atoms with Crippen LogP contribution in [-0.4, -0.2) is 13.0 Å². The van der Waals surface area contributed by atoms with Crippen molar-refractivity contribution in [3.63, 3.8) is 0 Å². The van der Waals surface area contributed by atoms with E-state index in [9.17, 15) is 9.18 Å². The number of hydroxylamine groups is 1. The highest BCUT2D eigenvalue weighted by atomic mass is 19.1. The van der Waals surface area contributed by atoms with E-state index in [0.717, 1.165) is 11.1 Å². The fraction of sp³-hybridized carbons (Fsp3) is 0.154. The van der Waals surface area contributed by atoms with E-state index in [-0.39, 0.29) is 11.6 Å². The van der Waals surface area contributed by atoms with Gasteiger partial charge < -0.3 is 4.42 Å². The van der Waals surface area contributed by atoms with Gasteiger partial charge in [-0.1, -0.05) is 12.1 Å². The number of halogens is 1. The molecule has 4 nitrogen and oxygen atoms in total. The molecule has 2 aromatic rings. The first kappa shape index (κ1) is 12.3. The third-order valence-corrected chi connectivity index (χ3v) is 2.46. The van der Waals surface area contributed by atoms with Gasteiger partial charge in [-0.3, -0.25) is 9.63 Å². The first-order valence-corrected chi connectivity index (χ1v) is 5.35. The number of rotatable bonds is 4. The Morgan fingerprint density at radius 2 is 2.06 bits per heavy atom. The molecule has 0 aliphatic carbocycles. The van der Waals surface area contributed by atoms with Gasteiger partial charge in [-0.05, 0) is 23.8 Å². The second kappa shape index (κ2) is 5.46. The van der Waals surface area contributed by atoms with E-state index in [1.54, 1.807) is 18.2 Å². The lowest BCUT2D eigenvalue weighted by Gasteiger charge is -2.03. The van der Waals surface area contributed by atoms with Crippen molar-refractivity contribution in [2.45, 2.75) is 6.42 Å². The predicted octanol–water partition coefficient (Wildman–Crippen LogP) is 2.30. The van der Waals surface area contributed by atoms with Gasteiger partial charge in [-0.2, -0.15) is 0 Å². The van der Waals surface area contributed by atoms with Crippen molar-refractivity contribution in [1.29, 1.82) is 0 Å². The third kappa shape index (κ3) is 2.75. The summed E-state index contributed by atoms with van der Waals surface area (Å²) < 4.78 is 17.9. The van der Waals surface area contributed by atoms with Crippen LogP contribution in [0.5, 0.6) is 0 Å². The first-order valence-electron chi connectivity index (χ1n) is 5.35. The van der Waals surface area contributed by atoms with Crippen LogP contribution in [0.1, 0.15) is 21.7 Å². The van der Waals surface area contributed by atoms with Crippen molar-refractivity contribution in [2.75, 3.05) is 7.11 Å². The smallest absolute Gasteiger partial charge is 0.310 e. The Morgan fingerprint density at radius 3 is 2.72 bits per heavy atom. The van der Waals surface area contributed by atoms with Crippen LogP contribution in [0.4, 0.5) is 4.39 Å². The zero-order valence-corrected chi connectivity index (χ0v) is 9.77. The average molecular weight is 249 g/mol. The normalized spacial score (nSPS) is 10.3. The van der Waals surface area contributed by atoms with Crippen molar-refractivity contribution < 1.29 is 18.4 Å². The Bertz CT molecular complexity index is 533. The molecule has 0 fully saturated rings. The Labute approximate surface area is 103 Å². The van der Waals surface area contributed by atoms with Gasteiger partial charge >= 0.3 is 5.91 Å². The Hall–Kier alpha value is -2.14. The molecule has 1 aromatic heterocycles. The number of hydrogen-bond donors (Lipinski definition) is 1. The second-order valence-corrected chi connectivity index (χ2v) is 3.71. The quantitative estimate of drug-likeness (QED) is 0.846.